The second-order valence-corrected chi connectivity index (χ2v) is 4.44. The topological polar surface area (TPSA) is 92.5 Å². The number of benzene rings is 1. The molecule has 1 aromatic carbocycles. The lowest BCUT2D eigenvalue weighted by Gasteiger charge is -2.13. The Balaban J connectivity index is 1.99. The van der Waals surface area contributed by atoms with Crippen LogP contribution >= 0.6 is 0 Å². The van der Waals surface area contributed by atoms with Crippen LogP contribution in [0.5, 0.6) is 5.75 Å². The van der Waals surface area contributed by atoms with E-state index >= 15 is 0 Å². The van der Waals surface area contributed by atoms with Crippen molar-refractivity contribution < 1.29 is 14.3 Å². The predicted octanol–water partition coefficient (Wildman–Crippen LogP) is 1.32. The molecule has 7 heteroatoms. The molecule has 0 fully saturated rings. The molecule has 0 spiro atoms. The summed E-state index contributed by atoms with van der Waals surface area (Å²) in [6.45, 7) is 2.56. The number of ether oxygens (including phenoxy) is 1. The maximum absolute atomic E-state index is 11.9. The zero-order valence-electron chi connectivity index (χ0n) is 11.3. The number of urea groups is 1. The molecule has 0 saturated carbocycles. The van der Waals surface area contributed by atoms with Crippen LogP contribution in [-0.2, 0) is 4.79 Å². The predicted molar refractivity (Wildman–Crippen MR) is 77.2 cm³/mol. The van der Waals surface area contributed by atoms with Gasteiger partial charge in [-0.15, -0.1) is 0 Å². The molecule has 0 bridgehead atoms. The summed E-state index contributed by atoms with van der Waals surface area (Å²) in [5, 5.41) is 2.41. The Bertz CT molecular complexity index is 719. The summed E-state index contributed by atoms with van der Waals surface area (Å²) in [4.78, 5) is 34.7. The number of nitrogens with zero attached hydrogens (tertiary/aromatic N) is 3. The fraction of sp³-hybridized carbons (Fsp3) is 0.214. The van der Waals surface area contributed by atoms with Crippen molar-refractivity contribution in [2.24, 2.45) is 15.0 Å². The minimum absolute atomic E-state index is 0.0456. The van der Waals surface area contributed by atoms with Crippen LogP contribution in [0, 0.1) is 0 Å². The molecule has 0 atom stereocenters. The van der Waals surface area contributed by atoms with Crippen LogP contribution in [-0.4, -0.2) is 35.9 Å². The molecule has 106 valence electrons. The molecule has 0 saturated heterocycles. The molecule has 2 aliphatic rings. The van der Waals surface area contributed by atoms with Gasteiger partial charge in [0.25, 0.3) is 0 Å². The van der Waals surface area contributed by atoms with Gasteiger partial charge >= 0.3 is 11.9 Å². The van der Waals surface area contributed by atoms with E-state index in [1.807, 2.05) is 13.0 Å². The van der Waals surface area contributed by atoms with Gasteiger partial charge in [-0.05, 0) is 18.6 Å². The summed E-state index contributed by atoms with van der Waals surface area (Å²) in [5.74, 6) is 0.363. The van der Waals surface area contributed by atoms with E-state index in [4.69, 9.17) is 4.74 Å². The van der Waals surface area contributed by atoms with E-state index in [1.54, 1.807) is 18.2 Å². The number of amidine groups is 2. The van der Waals surface area contributed by atoms with Gasteiger partial charge in [-0.3, -0.25) is 10.1 Å². The Hall–Kier alpha value is -2.83. The van der Waals surface area contributed by atoms with Crippen molar-refractivity contribution in [1.29, 1.82) is 0 Å². The number of amides is 3. The molecule has 0 unspecified atom stereocenters. The number of hydrogen-bond donors (Lipinski definition) is 1. The van der Waals surface area contributed by atoms with Crippen molar-refractivity contribution >= 4 is 29.3 Å². The highest BCUT2D eigenvalue weighted by Gasteiger charge is 2.32. The van der Waals surface area contributed by atoms with E-state index in [9.17, 15) is 9.59 Å². The van der Waals surface area contributed by atoms with E-state index in [0.29, 0.717) is 17.9 Å². The van der Waals surface area contributed by atoms with Crippen LogP contribution in [0.15, 0.2) is 39.2 Å². The standard InChI is InChI=1S/C14H12N4O3/c1-2-7-21-9-6-4-3-5-8(9)11-16-12-10(13(19)17-11)15-14(20)18-12/h3-6H,2,7H2,1H3,(H,16,17,18,19,20). The number of carbonyl (C=O) groups excluding carboxylic acids is 2. The van der Waals surface area contributed by atoms with E-state index in [2.05, 4.69) is 20.3 Å². The maximum Gasteiger partial charge on any atom is 0.347 e. The Kier molecular flexibility index (Phi) is 3.31. The average molecular weight is 284 g/mol. The van der Waals surface area contributed by atoms with Crippen molar-refractivity contribution in [3.05, 3.63) is 29.8 Å². The van der Waals surface area contributed by atoms with E-state index in [1.165, 1.54) is 0 Å². The second-order valence-electron chi connectivity index (χ2n) is 4.44. The number of fused-ring (bicyclic) bond motifs is 1. The lowest BCUT2D eigenvalue weighted by Crippen LogP contribution is -2.34. The molecule has 1 N–H and O–H groups in total. The molecule has 2 aliphatic heterocycles. The largest absolute Gasteiger partial charge is 0.493 e. The Labute approximate surface area is 120 Å². The summed E-state index contributed by atoms with van der Waals surface area (Å²) in [6, 6.07) is 6.58. The van der Waals surface area contributed by atoms with E-state index < -0.39 is 11.9 Å². The number of nitrogens with one attached hydrogen (secondary N) is 1. The molecule has 0 aliphatic carbocycles. The zero-order valence-corrected chi connectivity index (χ0v) is 11.3. The molecule has 0 radical (unpaired) electrons. The lowest BCUT2D eigenvalue weighted by molar-refractivity contribution is -0.111. The SMILES string of the molecule is CCCOc1ccccc1C1=NC(=O)C2=NC(=O)NC2=N1. The van der Waals surface area contributed by atoms with E-state index in [-0.39, 0.29) is 17.4 Å². The minimum atomic E-state index is -0.607. The molecule has 21 heavy (non-hydrogen) atoms. The smallest absolute Gasteiger partial charge is 0.347 e. The molecule has 2 heterocycles. The minimum Gasteiger partial charge on any atom is -0.493 e. The highest BCUT2D eigenvalue weighted by molar-refractivity contribution is 6.72. The first kappa shape index (κ1) is 13.2. The van der Waals surface area contributed by atoms with Gasteiger partial charge in [-0.2, -0.15) is 9.98 Å². The Morgan fingerprint density at radius 2 is 1.95 bits per heavy atom. The third-order valence-corrected chi connectivity index (χ3v) is 2.88. The molecule has 3 rings (SSSR count). The van der Waals surface area contributed by atoms with Crippen LogP contribution in [0.3, 0.4) is 0 Å². The monoisotopic (exact) mass is 284 g/mol. The first-order valence-corrected chi connectivity index (χ1v) is 6.53. The van der Waals surface area contributed by atoms with Crippen molar-refractivity contribution in [1.82, 2.24) is 5.32 Å². The summed E-state index contributed by atoms with van der Waals surface area (Å²) in [7, 11) is 0. The number of hydrogen-bond acceptors (Lipinski definition) is 4. The summed E-state index contributed by atoms with van der Waals surface area (Å²) in [6.07, 6.45) is 0.862. The number of carbonyl (C=O) groups is 2. The average Bonchev–Trinajstić information content (AvgIpc) is 2.86. The molecule has 7 nitrogen and oxygen atoms in total. The highest BCUT2D eigenvalue weighted by atomic mass is 16.5. The first-order valence-electron chi connectivity index (χ1n) is 6.53. The normalized spacial score (nSPS) is 16.7. The molecule has 3 amide bonds. The molecular weight excluding hydrogens is 272 g/mol. The number of para-hydroxylation sites is 1. The van der Waals surface area contributed by atoms with Gasteiger partial charge in [0.1, 0.15) is 5.75 Å². The third-order valence-electron chi connectivity index (χ3n) is 2.88. The maximum atomic E-state index is 11.9. The van der Waals surface area contributed by atoms with Gasteiger partial charge in [0.05, 0.1) is 12.2 Å². The third kappa shape index (κ3) is 2.45. The van der Waals surface area contributed by atoms with Gasteiger partial charge in [-0.25, -0.2) is 9.79 Å². The van der Waals surface area contributed by atoms with Crippen molar-refractivity contribution in [2.75, 3.05) is 6.61 Å². The fourth-order valence-electron chi connectivity index (χ4n) is 1.96. The molecule has 0 aromatic heterocycles. The highest BCUT2D eigenvalue weighted by Crippen LogP contribution is 2.21. The Morgan fingerprint density at radius 1 is 1.14 bits per heavy atom. The lowest BCUT2D eigenvalue weighted by atomic mass is 10.1. The van der Waals surface area contributed by atoms with Gasteiger partial charge in [0.15, 0.2) is 17.4 Å². The number of aliphatic imine (C=N–C) groups is 3. The Morgan fingerprint density at radius 3 is 2.76 bits per heavy atom. The van der Waals surface area contributed by atoms with Crippen molar-refractivity contribution in [3.8, 4) is 5.75 Å². The van der Waals surface area contributed by atoms with Crippen LogP contribution in [0.25, 0.3) is 0 Å². The van der Waals surface area contributed by atoms with Crippen LogP contribution in [0.1, 0.15) is 18.9 Å². The second kappa shape index (κ2) is 5.28. The van der Waals surface area contributed by atoms with Crippen molar-refractivity contribution in [3.63, 3.8) is 0 Å². The van der Waals surface area contributed by atoms with Gasteiger partial charge in [0, 0.05) is 0 Å². The molecule has 1 aromatic rings. The van der Waals surface area contributed by atoms with Gasteiger partial charge < -0.3 is 4.74 Å². The summed E-state index contributed by atoms with van der Waals surface area (Å²) < 4.78 is 5.63. The van der Waals surface area contributed by atoms with Crippen LogP contribution < -0.4 is 10.1 Å². The first-order chi connectivity index (χ1) is 10.2. The number of rotatable bonds is 4. The van der Waals surface area contributed by atoms with Crippen LogP contribution in [0.2, 0.25) is 0 Å². The fourth-order valence-corrected chi connectivity index (χ4v) is 1.96. The molecular formula is C14H12N4O3. The van der Waals surface area contributed by atoms with Crippen LogP contribution in [0.4, 0.5) is 4.79 Å². The van der Waals surface area contributed by atoms with Gasteiger partial charge in [0.2, 0.25) is 0 Å². The van der Waals surface area contributed by atoms with Gasteiger partial charge in [-0.1, -0.05) is 19.1 Å². The zero-order chi connectivity index (χ0) is 14.8. The van der Waals surface area contributed by atoms with Crippen molar-refractivity contribution in [2.45, 2.75) is 13.3 Å². The summed E-state index contributed by atoms with van der Waals surface area (Å²) >= 11 is 0. The quantitative estimate of drug-likeness (QED) is 0.903. The van der Waals surface area contributed by atoms with E-state index in [0.717, 1.165) is 6.42 Å². The summed E-state index contributed by atoms with van der Waals surface area (Å²) in [5.41, 5.74) is 0.558.